The minimum absolute atomic E-state index is 0.0418. The average molecular weight is 449 g/mol. The Morgan fingerprint density at radius 3 is 2.62 bits per heavy atom. The summed E-state index contributed by atoms with van der Waals surface area (Å²) in [5, 5.41) is 3.22. The molecule has 0 radical (unpaired) electrons. The molecule has 1 N–H and O–H groups in total. The largest absolute Gasteiger partial charge is 0.352 e. The molecule has 4 nitrogen and oxygen atoms in total. The fourth-order valence-corrected chi connectivity index (χ4v) is 5.66. The van der Waals surface area contributed by atoms with Crippen molar-refractivity contribution < 1.29 is 9.59 Å². The Bertz CT molecular complexity index is 1010. The molecular weight excluding hydrogens is 416 g/mol. The predicted molar refractivity (Wildman–Crippen MR) is 133 cm³/mol. The normalized spacial score (nSPS) is 24.3. The first-order valence-corrected chi connectivity index (χ1v) is 12.5. The highest BCUT2D eigenvalue weighted by Crippen LogP contribution is 2.42. The fraction of sp³-hybridized carbons (Fsp3) is 0.407. The van der Waals surface area contributed by atoms with E-state index < -0.39 is 0 Å². The zero-order valence-electron chi connectivity index (χ0n) is 19.1. The molecule has 0 spiro atoms. The lowest BCUT2D eigenvalue weighted by molar-refractivity contribution is -0.123. The summed E-state index contributed by atoms with van der Waals surface area (Å²) in [6.07, 6.45) is 6.28. The Morgan fingerprint density at radius 1 is 1.12 bits per heavy atom. The van der Waals surface area contributed by atoms with Crippen molar-refractivity contribution in [2.24, 2.45) is 11.8 Å². The van der Waals surface area contributed by atoms with Crippen LogP contribution in [0.25, 0.3) is 6.08 Å². The fourth-order valence-electron chi connectivity index (χ4n) is 4.60. The van der Waals surface area contributed by atoms with Crippen LogP contribution in [0.2, 0.25) is 0 Å². The van der Waals surface area contributed by atoms with Crippen LogP contribution in [0.3, 0.4) is 0 Å². The van der Waals surface area contributed by atoms with E-state index in [0.717, 1.165) is 35.4 Å². The lowest BCUT2D eigenvalue weighted by atomic mass is 9.78. The van der Waals surface area contributed by atoms with E-state index in [-0.39, 0.29) is 24.4 Å². The van der Waals surface area contributed by atoms with Gasteiger partial charge in [0.25, 0.3) is 5.91 Å². The monoisotopic (exact) mass is 448 g/mol. The second kappa shape index (κ2) is 9.95. The number of rotatable bonds is 5. The molecule has 1 aliphatic carbocycles. The molecule has 0 saturated heterocycles. The number of aryl methyl sites for hydroxylation is 1. The van der Waals surface area contributed by atoms with Gasteiger partial charge in [-0.3, -0.25) is 14.5 Å². The smallest absolute Gasteiger partial charge is 0.265 e. The van der Waals surface area contributed by atoms with Gasteiger partial charge in [0.15, 0.2) is 0 Å². The summed E-state index contributed by atoms with van der Waals surface area (Å²) in [6, 6.07) is 16.3. The van der Waals surface area contributed by atoms with Gasteiger partial charge in [0.2, 0.25) is 5.91 Å². The number of thioether (sulfide) groups is 1. The van der Waals surface area contributed by atoms with Crippen molar-refractivity contribution in [2.45, 2.75) is 57.4 Å². The average Bonchev–Trinajstić information content (AvgIpc) is 2.80. The van der Waals surface area contributed by atoms with Crippen molar-refractivity contribution in [3.8, 4) is 0 Å². The zero-order valence-corrected chi connectivity index (χ0v) is 20.0. The van der Waals surface area contributed by atoms with Gasteiger partial charge < -0.3 is 5.32 Å². The summed E-state index contributed by atoms with van der Waals surface area (Å²) in [7, 11) is 0. The third kappa shape index (κ3) is 4.93. The summed E-state index contributed by atoms with van der Waals surface area (Å²) >= 11 is 1.48. The molecule has 32 heavy (non-hydrogen) atoms. The van der Waals surface area contributed by atoms with Gasteiger partial charge in [-0.05, 0) is 54.0 Å². The topological polar surface area (TPSA) is 49.4 Å². The molecule has 2 aromatic carbocycles. The molecule has 3 atom stereocenters. The highest BCUT2D eigenvalue weighted by Gasteiger charge is 2.32. The van der Waals surface area contributed by atoms with E-state index in [1.807, 2.05) is 42.5 Å². The van der Waals surface area contributed by atoms with E-state index in [1.54, 1.807) is 4.90 Å². The lowest BCUT2D eigenvalue weighted by Crippen LogP contribution is -2.49. The number of amides is 2. The van der Waals surface area contributed by atoms with Gasteiger partial charge in [-0.25, -0.2) is 0 Å². The number of anilines is 1. The molecular formula is C27H32N2O2S. The minimum atomic E-state index is -0.117. The van der Waals surface area contributed by atoms with Crippen LogP contribution >= 0.6 is 11.8 Å². The Hall–Kier alpha value is -2.53. The predicted octanol–water partition coefficient (Wildman–Crippen LogP) is 5.67. The van der Waals surface area contributed by atoms with Crippen LogP contribution in [-0.4, -0.2) is 24.4 Å². The molecule has 2 aliphatic rings. The Labute approximate surface area is 195 Å². The van der Waals surface area contributed by atoms with Crippen molar-refractivity contribution in [1.29, 1.82) is 0 Å². The van der Waals surface area contributed by atoms with Crippen molar-refractivity contribution in [3.05, 3.63) is 64.6 Å². The van der Waals surface area contributed by atoms with Crippen LogP contribution in [0.5, 0.6) is 0 Å². The molecule has 0 unspecified atom stereocenters. The Morgan fingerprint density at radius 2 is 1.88 bits per heavy atom. The molecule has 4 rings (SSSR count). The van der Waals surface area contributed by atoms with Crippen LogP contribution in [0.15, 0.2) is 58.3 Å². The summed E-state index contributed by atoms with van der Waals surface area (Å²) < 4.78 is 0. The van der Waals surface area contributed by atoms with E-state index in [4.69, 9.17) is 0 Å². The number of fused-ring (bicyclic) bond motifs is 1. The van der Waals surface area contributed by atoms with Crippen molar-refractivity contribution in [2.75, 3.05) is 11.4 Å². The van der Waals surface area contributed by atoms with Crippen molar-refractivity contribution >= 4 is 35.3 Å². The number of carbonyl (C=O) groups excluding carboxylic acids is 2. The molecule has 5 heteroatoms. The molecule has 1 saturated carbocycles. The zero-order chi connectivity index (χ0) is 22.7. The molecule has 2 amide bonds. The van der Waals surface area contributed by atoms with E-state index >= 15 is 0 Å². The Balaban J connectivity index is 1.55. The highest BCUT2D eigenvalue weighted by molar-refractivity contribution is 8.04. The molecule has 168 valence electrons. The summed E-state index contributed by atoms with van der Waals surface area (Å²) in [6.45, 7) is 6.65. The third-order valence-corrected chi connectivity index (χ3v) is 7.95. The molecule has 0 bridgehead atoms. The summed E-state index contributed by atoms with van der Waals surface area (Å²) in [5.41, 5.74) is 3.07. The third-order valence-electron chi connectivity index (χ3n) is 6.87. The first kappa shape index (κ1) is 22.7. The van der Waals surface area contributed by atoms with Crippen LogP contribution in [-0.2, 0) is 16.0 Å². The molecule has 0 aromatic heterocycles. The van der Waals surface area contributed by atoms with Crippen LogP contribution in [0.4, 0.5) is 5.69 Å². The maximum atomic E-state index is 13.4. The minimum Gasteiger partial charge on any atom is -0.352 e. The van der Waals surface area contributed by atoms with Crippen molar-refractivity contribution in [3.63, 3.8) is 0 Å². The number of nitrogens with zero attached hydrogens (tertiary/aromatic N) is 1. The summed E-state index contributed by atoms with van der Waals surface area (Å²) in [4.78, 5) is 29.7. The van der Waals surface area contributed by atoms with Crippen LogP contribution < -0.4 is 10.2 Å². The second-order valence-corrected chi connectivity index (χ2v) is 10.1. The van der Waals surface area contributed by atoms with E-state index in [1.165, 1.54) is 23.7 Å². The van der Waals surface area contributed by atoms with E-state index in [2.05, 4.69) is 38.2 Å². The van der Waals surface area contributed by atoms with Gasteiger partial charge in [-0.15, -0.1) is 0 Å². The maximum Gasteiger partial charge on any atom is 0.265 e. The highest BCUT2D eigenvalue weighted by atomic mass is 32.2. The number of hydrogen-bond acceptors (Lipinski definition) is 3. The van der Waals surface area contributed by atoms with Gasteiger partial charge in [0.05, 0.1) is 10.6 Å². The second-order valence-electron chi connectivity index (χ2n) is 9.01. The first-order chi connectivity index (χ1) is 15.5. The molecule has 1 aliphatic heterocycles. The molecule has 1 heterocycles. The van der Waals surface area contributed by atoms with Crippen LogP contribution in [0.1, 0.15) is 51.2 Å². The number of para-hydroxylation sites is 1. The van der Waals surface area contributed by atoms with Crippen LogP contribution in [0, 0.1) is 11.8 Å². The van der Waals surface area contributed by atoms with Gasteiger partial charge in [0, 0.05) is 10.9 Å². The Kier molecular flexibility index (Phi) is 7.04. The van der Waals surface area contributed by atoms with Crippen molar-refractivity contribution in [1.82, 2.24) is 5.32 Å². The molecule has 2 aromatic rings. The van der Waals surface area contributed by atoms with Gasteiger partial charge in [-0.2, -0.15) is 0 Å². The van der Waals surface area contributed by atoms with E-state index in [9.17, 15) is 9.59 Å². The number of carbonyl (C=O) groups is 2. The van der Waals surface area contributed by atoms with Gasteiger partial charge >= 0.3 is 0 Å². The van der Waals surface area contributed by atoms with Gasteiger partial charge in [0.1, 0.15) is 6.54 Å². The van der Waals surface area contributed by atoms with E-state index in [0.29, 0.717) is 16.7 Å². The standard InChI is InChI=1S/C27H32N2O2S/c1-4-20-12-14-21(15-13-20)16-25-27(31)29(23-10-5-6-11-24(23)32-25)17-26(30)28-22-9-7-8-18(2)19(22)3/h5-6,10-16,18-19,22H,4,7-9,17H2,1-3H3,(H,28,30)/b25-16+/t18-,19+,22-/m1/s1. The molecule has 1 fully saturated rings. The number of hydrogen-bond donors (Lipinski definition) is 1. The maximum absolute atomic E-state index is 13.4. The lowest BCUT2D eigenvalue weighted by Gasteiger charge is -2.35. The first-order valence-electron chi connectivity index (χ1n) is 11.6. The SMILES string of the molecule is CCc1ccc(/C=C2/Sc3ccccc3N(CC(=O)N[C@@H]3CCC[C@@H](C)[C@@H]3C)C2=O)cc1. The summed E-state index contributed by atoms with van der Waals surface area (Å²) in [5.74, 6) is 0.858. The van der Waals surface area contributed by atoms with Gasteiger partial charge in [-0.1, -0.05) is 81.8 Å². The number of benzene rings is 2. The number of nitrogens with one attached hydrogen (secondary N) is 1. The quantitative estimate of drug-likeness (QED) is 0.600.